The smallest absolute Gasteiger partial charge is 0.272 e. The summed E-state index contributed by atoms with van der Waals surface area (Å²) in [6.07, 6.45) is 3.42. The van der Waals surface area contributed by atoms with Gasteiger partial charge in [0.25, 0.3) is 5.91 Å². The van der Waals surface area contributed by atoms with Crippen molar-refractivity contribution in [2.24, 2.45) is 7.05 Å². The molecule has 0 atom stereocenters. The van der Waals surface area contributed by atoms with Crippen molar-refractivity contribution in [1.82, 2.24) is 24.9 Å². The van der Waals surface area contributed by atoms with Crippen LogP contribution in [0, 0.1) is 0 Å². The maximum Gasteiger partial charge on any atom is 0.272 e. The van der Waals surface area contributed by atoms with Gasteiger partial charge in [-0.1, -0.05) is 26.0 Å². The Labute approximate surface area is 152 Å². The largest absolute Gasteiger partial charge is 0.471 e. The van der Waals surface area contributed by atoms with Crippen molar-refractivity contribution in [1.29, 1.82) is 0 Å². The number of nitrogens with one attached hydrogen (secondary N) is 1. The molecular formula is C19H23N5O2. The first-order valence-electron chi connectivity index (χ1n) is 8.54. The minimum Gasteiger partial charge on any atom is -0.471 e. The molecule has 2 aromatic heterocycles. The highest BCUT2D eigenvalue weighted by Gasteiger charge is 2.10. The van der Waals surface area contributed by atoms with Gasteiger partial charge in [0.15, 0.2) is 6.73 Å². The molecule has 0 spiro atoms. The Morgan fingerprint density at radius 2 is 1.96 bits per heavy atom. The predicted molar refractivity (Wildman–Crippen MR) is 97.8 cm³/mol. The molecule has 0 saturated carbocycles. The molecule has 0 saturated heterocycles. The van der Waals surface area contributed by atoms with Crippen LogP contribution in [0.3, 0.4) is 0 Å². The maximum atomic E-state index is 12.2. The van der Waals surface area contributed by atoms with Gasteiger partial charge in [-0.15, -0.1) is 0 Å². The van der Waals surface area contributed by atoms with Crippen molar-refractivity contribution in [2.45, 2.75) is 33.0 Å². The van der Waals surface area contributed by atoms with Crippen molar-refractivity contribution in [3.05, 3.63) is 65.7 Å². The molecule has 0 aliphatic heterocycles. The fourth-order valence-corrected chi connectivity index (χ4v) is 2.48. The molecule has 1 aromatic carbocycles. The summed E-state index contributed by atoms with van der Waals surface area (Å²) in [5.74, 6) is 1.03. The zero-order valence-corrected chi connectivity index (χ0v) is 15.2. The zero-order chi connectivity index (χ0) is 18.5. The lowest BCUT2D eigenvalue weighted by Crippen LogP contribution is -2.24. The molecule has 0 fully saturated rings. The Kier molecular flexibility index (Phi) is 5.36. The van der Waals surface area contributed by atoms with E-state index in [1.54, 1.807) is 27.8 Å². The van der Waals surface area contributed by atoms with Gasteiger partial charge in [0.05, 0.1) is 12.2 Å². The summed E-state index contributed by atoms with van der Waals surface area (Å²) in [7, 11) is 1.83. The number of aryl methyl sites for hydroxylation is 1. The van der Waals surface area contributed by atoms with E-state index >= 15 is 0 Å². The Hall–Kier alpha value is -3.09. The lowest BCUT2D eigenvalue weighted by atomic mass is 10.0. The molecule has 7 heteroatoms. The Morgan fingerprint density at radius 3 is 2.62 bits per heavy atom. The minimum atomic E-state index is -0.230. The van der Waals surface area contributed by atoms with E-state index in [0.717, 1.165) is 11.4 Å². The van der Waals surface area contributed by atoms with Gasteiger partial charge in [-0.05, 0) is 35.7 Å². The van der Waals surface area contributed by atoms with Gasteiger partial charge in [0, 0.05) is 19.4 Å². The molecule has 0 radical (unpaired) electrons. The molecule has 2 heterocycles. The van der Waals surface area contributed by atoms with E-state index in [-0.39, 0.29) is 12.6 Å². The molecule has 3 rings (SSSR count). The van der Waals surface area contributed by atoms with E-state index in [1.165, 1.54) is 5.56 Å². The molecule has 26 heavy (non-hydrogen) atoms. The van der Waals surface area contributed by atoms with Crippen molar-refractivity contribution >= 4 is 5.91 Å². The molecule has 1 N–H and O–H groups in total. The third kappa shape index (κ3) is 4.30. The number of rotatable bonds is 7. The number of ether oxygens (including phenoxy) is 1. The van der Waals surface area contributed by atoms with Gasteiger partial charge in [-0.3, -0.25) is 9.48 Å². The van der Waals surface area contributed by atoms with Crippen LogP contribution in [0.5, 0.6) is 5.75 Å². The first kappa shape index (κ1) is 17.7. The van der Waals surface area contributed by atoms with Gasteiger partial charge < -0.3 is 10.1 Å². The summed E-state index contributed by atoms with van der Waals surface area (Å²) in [6, 6.07) is 11.5. The average Bonchev–Trinajstić information content (AvgIpc) is 3.27. The lowest BCUT2D eigenvalue weighted by molar-refractivity contribution is 0.0943. The monoisotopic (exact) mass is 353 g/mol. The summed E-state index contributed by atoms with van der Waals surface area (Å²) in [6.45, 7) is 4.96. The summed E-state index contributed by atoms with van der Waals surface area (Å²) in [5.41, 5.74) is 2.54. The van der Waals surface area contributed by atoms with E-state index in [4.69, 9.17) is 4.74 Å². The van der Waals surface area contributed by atoms with Crippen LogP contribution in [0.1, 0.15) is 41.5 Å². The Bertz CT molecular complexity index is 864. The molecule has 0 unspecified atom stereocenters. The molecule has 136 valence electrons. The second-order valence-electron chi connectivity index (χ2n) is 6.37. The lowest BCUT2D eigenvalue weighted by Gasteiger charge is -2.09. The van der Waals surface area contributed by atoms with Crippen molar-refractivity contribution in [3.63, 3.8) is 0 Å². The molecular weight excluding hydrogens is 330 g/mol. The molecule has 3 aromatic rings. The summed E-state index contributed by atoms with van der Waals surface area (Å²) >= 11 is 0. The normalized spacial score (nSPS) is 10.9. The fourth-order valence-electron chi connectivity index (χ4n) is 2.48. The van der Waals surface area contributed by atoms with Crippen molar-refractivity contribution in [2.75, 3.05) is 0 Å². The van der Waals surface area contributed by atoms with E-state index < -0.39 is 0 Å². The van der Waals surface area contributed by atoms with Crippen molar-refractivity contribution in [3.8, 4) is 5.75 Å². The number of benzene rings is 1. The number of carbonyl (C=O) groups excluding carboxylic acids is 1. The highest BCUT2D eigenvalue weighted by atomic mass is 16.5. The molecule has 1 amide bonds. The van der Waals surface area contributed by atoms with Crippen LogP contribution in [-0.2, 0) is 20.3 Å². The number of hydrogen-bond donors (Lipinski definition) is 1. The fraction of sp³-hybridized carbons (Fsp3) is 0.316. The number of nitrogens with zero attached hydrogens (tertiary/aromatic N) is 4. The summed E-state index contributed by atoms with van der Waals surface area (Å²) < 4.78 is 9.02. The zero-order valence-electron chi connectivity index (χ0n) is 15.2. The Morgan fingerprint density at radius 1 is 1.19 bits per heavy atom. The number of carbonyl (C=O) groups is 1. The first-order chi connectivity index (χ1) is 12.5. The Balaban J connectivity index is 1.52. The quantitative estimate of drug-likeness (QED) is 0.709. The van der Waals surface area contributed by atoms with E-state index in [0.29, 0.717) is 18.2 Å². The highest BCUT2D eigenvalue weighted by molar-refractivity contribution is 5.92. The molecule has 7 nitrogen and oxygen atoms in total. The van der Waals surface area contributed by atoms with Crippen LogP contribution in [-0.4, -0.2) is 25.5 Å². The third-order valence-electron chi connectivity index (χ3n) is 4.14. The van der Waals surface area contributed by atoms with E-state index in [1.807, 2.05) is 25.2 Å². The van der Waals surface area contributed by atoms with Gasteiger partial charge in [0.1, 0.15) is 11.4 Å². The SMILES string of the molecule is CC(C)c1ccc(OCn2ccc(C(=O)NCc3ccnn3C)n2)cc1. The van der Waals surface area contributed by atoms with E-state index in [2.05, 4.69) is 41.5 Å². The maximum absolute atomic E-state index is 12.2. The summed E-state index contributed by atoms with van der Waals surface area (Å²) in [4.78, 5) is 12.2. The minimum absolute atomic E-state index is 0.230. The molecule has 0 aliphatic carbocycles. The highest BCUT2D eigenvalue weighted by Crippen LogP contribution is 2.18. The standard InChI is InChI=1S/C19H23N5O2/c1-14(2)15-4-6-17(7-5-15)26-13-24-11-9-18(22-24)19(25)20-12-16-8-10-21-23(16)3/h4-11,14H,12-13H2,1-3H3,(H,20,25). The van der Waals surface area contributed by atoms with Gasteiger partial charge in [-0.2, -0.15) is 10.2 Å². The van der Waals surface area contributed by atoms with Crippen LogP contribution in [0.2, 0.25) is 0 Å². The number of hydrogen-bond acceptors (Lipinski definition) is 4. The van der Waals surface area contributed by atoms with Crippen LogP contribution in [0.15, 0.2) is 48.8 Å². The number of aromatic nitrogens is 4. The molecule has 0 bridgehead atoms. The van der Waals surface area contributed by atoms with Crippen LogP contribution >= 0.6 is 0 Å². The second-order valence-corrected chi connectivity index (χ2v) is 6.37. The predicted octanol–water partition coefficient (Wildman–Crippen LogP) is 2.71. The van der Waals surface area contributed by atoms with Crippen LogP contribution in [0.4, 0.5) is 0 Å². The average molecular weight is 353 g/mol. The third-order valence-corrected chi connectivity index (χ3v) is 4.14. The molecule has 0 aliphatic rings. The summed E-state index contributed by atoms with van der Waals surface area (Å²) in [5, 5.41) is 11.1. The number of amides is 1. The van der Waals surface area contributed by atoms with E-state index in [9.17, 15) is 4.79 Å². The van der Waals surface area contributed by atoms with Gasteiger partial charge in [0.2, 0.25) is 0 Å². The van der Waals surface area contributed by atoms with Crippen LogP contribution in [0.25, 0.3) is 0 Å². The van der Waals surface area contributed by atoms with Crippen molar-refractivity contribution < 1.29 is 9.53 Å². The topological polar surface area (TPSA) is 74.0 Å². The van der Waals surface area contributed by atoms with Crippen LogP contribution < -0.4 is 10.1 Å². The van der Waals surface area contributed by atoms with Gasteiger partial charge in [-0.25, -0.2) is 4.68 Å². The first-order valence-corrected chi connectivity index (χ1v) is 8.54. The second kappa shape index (κ2) is 7.86. The van der Waals surface area contributed by atoms with Gasteiger partial charge >= 0.3 is 0 Å².